The summed E-state index contributed by atoms with van der Waals surface area (Å²) in [6, 6.07) is 4.74. The molecular weight excluding hydrogens is 255 g/mol. The van der Waals surface area contributed by atoms with Gasteiger partial charge in [0.15, 0.2) is 0 Å². The largest absolute Gasteiger partial charge is 0.371 e. The average Bonchev–Trinajstić information content (AvgIpc) is 2.37. The summed E-state index contributed by atoms with van der Waals surface area (Å²) >= 11 is 0. The van der Waals surface area contributed by atoms with Crippen LogP contribution in [0.25, 0.3) is 0 Å². The topological polar surface area (TPSA) is 55.1 Å². The molecule has 4 heteroatoms. The Morgan fingerprint density at radius 1 is 1.50 bits per heavy atom. The number of benzene rings is 1. The molecule has 1 aromatic rings. The van der Waals surface area contributed by atoms with Gasteiger partial charge < -0.3 is 11.1 Å². The van der Waals surface area contributed by atoms with E-state index in [2.05, 4.69) is 12.2 Å². The van der Waals surface area contributed by atoms with E-state index in [1.165, 1.54) is 12.1 Å². The maximum atomic E-state index is 13.5. The maximum Gasteiger partial charge on any atom is 0.243 e. The van der Waals surface area contributed by atoms with Crippen molar-refractivity contribution < 1.29 is 9.18 Å². The minimum Gasteiger partial charge on any atom is -0.371 e. The molecule has 1 fully saturated rings. The molecule has 0 saturated heterocycles. The quantitative estimate of drug-likeness (QED) is 0.887. The van der Waals surface area contributed by atoms with Gasteiger partial charge >= 0.3 is 0 Å². The summed E-state index contributed by atoms with van der Waals surface area (Å²) in [6.07, 6.45) is 4.60. The van der Waals surface area contributed by atoms with Gasteiger partial charge in [-0.05, 0) is 49.4 Å². The molecule has 0 aliphatic heterocycles. The molecule has 0 heterocycles. The van der Waals surface area contributed by atoms with Crippen molar-refractivity contribution in [1.82, 2.24) is 0 Å². The van der Waals surface area contributed by atoms with E-state index < -0.39 is 5.54 Å². The Kier molecular flexibility index (Phi) is 4.31. The minimum absolute atomic E-state index is 0.296. The van der Waals surface area contributed by atoms with E-state index in [1.807, 2.05) is 13.0 Å². The normalized spacial score (nSPS) is 26.2. The van der Waals surface area contributed by atoms with Gasteiger partial charge in [0.05, 0.1) is 0 Å². The monoisotopic (exact) mass is 278 g/mol. The highest BCUT2D eigenvalue weighted by Crippen LogP contribution is 2.36. The van der Waals surface area contributed by atoms with Gasteiger partial charge in [-0.25, -0.2) is 4.39 Å². The third kappa shape index (κ3) is 3.11. The molecule has 2 atom stereocenters. The first-order valence-electron chi connectivity index (χ1n) is 7.30. The SMILES string of the molecule is CCC1CCCC(Nc2cc(C)cc(F)c2)(C(N)=O)C1. The second-order valence-corrected chi connectivity index (χ2v) is 5.96. The first-order valence-corrected chi connectivity index (χ1v) is 7.30. The van der Waals surface area contributed by atoms with Crippen LogP contribution in [-0.2, 0) is 4.79 Å². The zero-order valence-electron chi connectivity index (χ0n) is 12.2. The Balaban J connectivity index is 2.27. The van der Waals surface area contributed by atoms with Crippen LogP contribution in [0.5, 0.6) is 0 Å². The van der Waals surface area contributed by atoms with E-state index in [1.54, 1.807) is 0 Å². The van der Waals surface area contributed by atoms with E-state index >= 15 is 0 Å². The lowest BCUT2D eigenvalue weighted by molar-refractivity contribution is -0.123. The van der Waals surface area contributed by atoms with E-state index in [0.717, 1.165) is 31.2 Å². The van der Waals surface area contributed by atoms with Gasteiger partial charge in [-0.1, -0.05) is 26.2 Å². The summed E-state index contributed by atoms with van der Waals surface area (Å²) in [7, 11) is 0. The molecule has 1 aliphatic rings. The molecule has 3 N–H and O–H groups in total. The summed E-state index contributed by atoms with van der Waals surface area (Å²) in [6.45, 7) is 3.97. The van der Waals surface area contributed by atoms with Crippen molar-refractivity contribution in [3.63, 3.8) is 0 Å². The molecule has 1 amide bonds. The molecule has 1 aromatic carbocycles. The van der Waals surface area contributed by atoms with Crippen molar-refractivity contribution in [2.75, 3.05) is 5.32 Å². The predicted octanol–water partition coefficient (Wildman–Crippen LogP) is 3.37. The van der Waals surface area contributed by atoms with E-state index in [-0.39, 0.29) is 11.7 Å². The van der Waals surface area contributed by atoms with Gasteiger partial charge in [0, 0.05) is 5.69 Å². The molecule has 1 aliphatic carbocycles. The molecule has 3 nitrogen and oxygen atoms in total. The predicted molar refractivity (Wildman–Crippen MR) is 78.9 cm³/mol. The van der Waals surface area contributed by atoms with Gasteiger partial charge in [-0.15, -0.1) is 0 Å². The van der Waals surface area contributed by atoms with E-state index in [0.29, 0.717) is 18.0 Å². The minimum atomic E-state index is -0.737. The summed E-state index contributed by atoms with van der Waals surface area (Å²) in [5.41, 5.74) is 6.38. The van der Waals surface area contributed by atoms with Crippen molar-refractivity contribution in [2.45, 2.75) is 51.5 Å². The van der Waals surface area contributed by atoms with Crippen molar-refractivity contribution in [2.24, 2.45) is 11.7 Å². The Hall–Kier alpha value is -1.58. The fraction of sp³-hybridized carbons (Fsp3) is 0.562. The van der Waals surface area contributed by atoms with Crippen LogP contribution in [0, 0.1) is 18.7 Å². The fourth-order valence-corrected chi connectivity index (χ4v) is 3.22. The van der Waals surface area contributed by atoms with Gasteiger partial charge in [0.25, 0.3) is 0 Å². The molecule has 0 aromatic heterocycles. The Morgan fingerprint density at radius 2 is 2.25 bits per heavy atom. The molecule has 110 valence electrons. The average molecular weight is 278 g/mol. The highest BCUT2D eigenvalue weighted by Gasteiger charge is 2.40. The van der Waals surface area contributed by atoms with Crippen molar-refractivity contribution >= 4 is 11.6 Å². The Bertz CT molecular complexity index is 483. The zero-order valence-corrected chi connectivity index (χ0v) is 12.2. The van der Waals surface area contributed by atoms with Gasteiger partial charge in [0.2, 0.25) is 5.91 Å². The maximum absolute atomic E-state index is 13.5. The standard InChI is InChI=1S/C16H23FN2O/c1-3-12-5-4-6-16(10-12,15(18)20)19-14-8-11(2)7-13(17)9-14/h7-9,12,19H,3-6,10H2,1-2H3,(H2,18,20). The number of hydrogen-bond donors (Lipinski definition) is 2. The van der Waals surface area contributed by atoms with Crippen molar-refractivity contribution in [3.8, 4) is 0 Å². The first-order chi connectivity index (χ1) is 9.45. The Labute approximate surface area is 119 Å². The van der Waals surface area contributed by atoms with Crippen LogP contribution in [-0.4, -0.2) is 11.4 Å². The highest BCUT2D eigenvalue weighted by atomic mass is 19.1. The number of rotatable bonds is 4. The van der Waals surface area contributed by atoms with Crippen LogP contribution in [0.3, 0.4) is 0 Å². The van der Waals surface area contributed by atoms with Crippen LogP contribution in [0.15, 0.2) is 18.2 Å². The van der Waals surface area contributed by atoms with E-state index in [4.69, 9.17) is 5.73 Å². The third-order valence-corrected chi connectivity index (χ3v) is 4.33. The number of halogens is 1. The summed E-state index contributed by atoms with van der Waals surface area (Å²) in [4.78, 5) is 12.0. The number of carbonyl (C=O) groups is 1. The molecule has 0 bridgehead atoms. The number of aryl methyl sites for hydroxylation is 1. The molecule has 1 saturated carbocycles. The van der Waals surface area contributed by atoms with Crippen LogP contribution in [0.4, 0.5) is 10.1 Å². The lowest BCUT2D eigenvalue weighted by Gasteiger charge is -2.39. The smallest absolute Gasteiger partial charge is 0.243 e. The molecule has 20 heavy (non-hydrogen) atoms. The van der Waals surface area contributed by atoms with Crippen molar-refractivity contribution in [1.29, 1.82) is 0 Å². The number of nitrogens with two attached hydrogens (primary N) is 1. The fourth-order valence-electron chi connectivity index (χ4n) is 3.22. The molecule has 2 rings (SSSR count). The van der Waals surface area contributed by atoms with Gasteiger partial charge in [-0.2, -0.15) is 0 Å². The summed E-state index contributed by atoms with van der Waals surface area (Å²) in [5.74, 6) is -0.133. The summed E-state index contributed by atoms with van der Waals surface area (Å²) < 4.78 is 13.5. The second kappa shape index (κ2) is 5.81. The lowest BCUT2D eigenvalue weighted by atomic mass is 9.74. The zero-order chi connectivity index (χ0) is 14.8. The van der Waals surface area contributed by atoms with E-state index in [9.17, 15) is 9.18 Å². The molecule has 0 spiro atoms. The second-order valence-electron chi connectivity index (χ2n) is 5.96. The molecule has 0 radical (unpaired) electrons. The first kappa shape index (κ1) is 14.8. The highest BCUT2D eigenvalue weighted by molar-refractivity contribution is 5.88. The van der Waals surface area contributed by atoms with Gasteiger partial charge in [-0.3, -0.25) is 4.79 Å². The molecular formula is C16H23FN2O. The number of hydrogen-bond acceptors (Lipinski definition) is 2. The number of amides is 1. The Morgan fingerprint density at radius 3 is 2.85 bits per heavy atom. The number of carbonyl (C=O) groups excluding carboxylic acids is 1. The van der Waals surface area contributed by atoms with Crippen LogP contribution >= 0.6 is 0 Å². The van der Waals surface area contributed by atoms with Gasteiger partial charge in [0.1, 0.15) is 11.4 Å². The number of nitrogens with one attached hydrogen (secondary N) is 1. The summed E-state index contributed by atoms with van der Waals surface area (Å²) in [5, 5.41) is 3.23. The van der Waals surface area contributed by atoms with Crippen LogP contribution < -0.4 is 11.1 Å². The third-order valence-electron chi connectivity index (χ3n) is 4.33. The van der Waals surface area contributed by atoms with Crippen LogP contribution in [0.2, 0.25) is 0 Å². The lowest BCUT2D eigenvalue weighted by Crippen LogP contribution is -2.53. The molecule has 2 unspecified atom stereocenters. The van der Waals surface area contributed by atoms with Crippen molar-refractivity contribution in [3.05, 3.63) is 29.6 Å². The van der Waals surface area contributed by atoms with Crippen LogP contribution in [0.1, 0.15) is 44.6 Å². The number of primary amides is 1. The number of anilines is 1.